The van der Waals surface area contributed by atoms with Crippen molar-refractivity contribution in [2.24, 2.45) is 5.73 Å². The second-order valence-electron chi connectivity index (χ2n) is 3.82. The number of nitrogens with two attached hydrogens (primary N) is 1. The van der Waals surface area contributed by atoms with E-state index in [-0.39, 0.29) is 5.54 Å². The van der Waals surface area contributed by atoms with Crippen molar-refractivity contribution in [3.8, 4) is 6.07 Å². The first-order valence-electron chi connectivity index (χ1n) is 5.38. The van der Waals surface area contributed by atoms with Gasteiger partial charge in [0.1, 0.15) is 11.9 Å². The number of nitriles is 1. The normalized spacial score (nSPS) is 10.9. The summed E-state index contributed by atoms with van der Waals surface area (Å²) in [7, 11) is 0. The van der Waals surface area contributed by atoms with Gasteiger partial charge in [0.25, 0.3) is 0 Å². The number of hydrogen-bond donors (Lipinski definition) is 2. The lowest BCUT2D eigenvalue weighted by Gasteiger charge is -2.26. The molecular weight excluding hydrogens is 202 g/mol. The lowest BCUT2D eigenvalue weighted by Crippen LogP contribution is -2.45. The molecule has 1 aromatic heterocycles. The van der Waals surface area contributed by atoms with Crippen LogP contribution in [0.3, 0.4) is 0 Å². The lowest BCUT2D eigenvalue weighted by atomic mass is 9.94. The molecule has 0 aliphatic heterocycles. The maximum absolute atomic E-state index is 8.57. The highest BCUT2D eigenvalue weighted by atomic mass is 15.0. The van der Waals surface area contributed by atoms with Gasteiger partial charge in [-0.05, 0) is 12.8 Å². The molecule has 0 spiro atoms. The molecule has 0 radical (unpaired) electrons. The molecule has 0 unspecified atom stereocenters. The number of nitrogens with one attached hydrogen (secondary N) is 1. The van der Waals surface area contributed by atoms with Gasteiger partial charge in [-0.2, -0.15) is 5.26 Å². The zero-order valence-corrected chi connectivity index (χ0v) is 9.70. The minimum atomic E-state index is -0.213. The highest BCUT2D eigenvalue weighted by Crippen LogP contribution is 2.12. The largest absolute Gasteiger partial charge is 0.367 e. The molecule has 0 saturated heterocycles. The van der Waals surface area contributed by atoms with Crippen LogP contribution in [-0.2, 0) is 0 Å². The van der Waals surface area contributed by atoms with Crippen molar-refractivity contribution in [2.75, 3.05) is 11.9 Å². The fourth-order valence-electron chi connectivity index (χ4n) is 1.24. The summed E-state index contributed by atoms with van der Waals surface area (Å²) in [5.74, 6) is 0.649. The molecule has 3 N–H and O–H groups in total. The van der Waals surface area contributed by atoms with E-state index in [1.54, 1.807) is 6.20 Å². The second-order valence-corrected chi connectivity index (χ2v) is 3.82. The van der Waals surface area contributed by atoms with E-state index in [0.29, 0.717) is 18.1 Å². The minimum absolute atomic E-state index is 0.213. The van der Waals surface area contributed by atoms with E-state index in [2.05, 4.69) is 29.1 Å². The van der Waals surface area contributed by atoms with Crippen LogP contribution in [0.2, 0.25) is 0 Å². The summed E-state index contributed by atoms with van der Waals surface area (Å²) in [5, 5.41) is 11.7. The summed E-state index contributed by atoms with van der Waals surface area (Å²) in [4.78, 5) is 7.99. The summed E-state index contributed by atoms with van der Waals surface area (Å²) in [5.41, 5.74) is 6.24. The Hall–Kier alpha value is -1.67. The van der Waals surface area contributed by atoms with Crippen LogP contribution < -0.4 is 11.1 Å². The lowest BCUT2D eigenvalue weighted by molar-refractivity contribution is 0.418. The Morgan fingerprint density at radius 1 is 1.38 bits per heavy atom. The number of anilines is 1. The molecular formula is C11H17N5. The third-order valence-electron chi connectivity index (χ3n) is 2.80. The van der Waals surface area contributed by atoms with Crippen molar-refractivity contribution in [1.29, 1.82) is 5.26 Å². The first kappa shape index (κ1) is 12.4. The fourth-order valence-corrected chi connectivity index (χ4v) is 1.24. The van der Waals surface area contributed by atoms with E-state index >= 15 is 0 Å². The maximum Gasteiger partial charge on any atom is 0.158 e. The predicted molar refractivity (Wildman–Crippen MR) is 62.7 cm³/mol. The van der Waals surface area contributed by atoms with Crippen LogP contribution in [0.25, 0.3) is 0 Å². The summed E-state index contributed by atoms with van der Waals surface area (Å²) in [6, 6.07) is 1.92. The quantitative estimate of drug-likeness (QED) is 0.778. The predicted octanol–water partition coefficient (Wildman–Crippen LogP) is 1.28. The smallest absolute Gasteiger partial charge is 0.158 e. The summed E-state index contributed by atoms with van der Waals surface area (Å²) in [6.07, 6.45) is 4.79. The second kappa shape index (κ2) is 5.42. The maximum atomic E-state index is 8.57. The zero-order valence-electron chi connectivity index (χ0n) is 9.70. The van der Waals surface area contributed by atoms with E-state index in [1.807, 2.05) is 6.07 Å². The van der Waals surface area contributed by atoms with Crippen molar-refractivity contribution in [1.82, 2.24) is 9.97 Å². The molecule has 0 aliphatic rings. The van der Waals surface area contributed by atoms with Crippen molar-refractivity contribution in [3.63, 3.8) is 0 Å². The van der Waals surface area contributed by atoms with Crippen molar-refractivity contribution in [3.05, 3.63) is 18.1 Å². The SMILES string of the molecule is CCC(N)(CC)CNc1cnc(C#N)cn1. The van der Waals surface area contributed by atoms with Crippen LogP contribution in [0.1, 0.15) is 32.4 Å². The van der Waals surface area contributed by atoms with Crippen LogP contribution in [0.5, 0.6) is 0 Å². The van der Waals surface area contributed by atoms with Crippen LogP contribution in [-0.4, -0.2) is 22.1 Å². The topological polar surface area (TPSA) is 87.6 Å². The molecule has 1 aromatic rings. The molecule has 1 rings (SSSR count). The molecule has 0 aromatic carbocycles. The number of aromatic nitrogens is 2. The van der Waals surface area contributed by atoms with E-state index in [9.17, 15) is 0 Å². The number of rotatable bonds is 5. The van der Waals surface area contributed by atoms with Crippen molar-refractivity contribution < 1.29 is 0 Å². The Labute approximate surface area is 95.7 Å². The van der Waals surface area contributed by atoms with Gasteiger partial charge >= 0.3 is 0 Å². The van der Waals surface area contributed by atoms with Crippen molar-refractivity contribution in [2.45, 2.75) is 32.2 Å². The Bertz CT molecular complexity index is 361. The Morgan fingerprint density at radius 2 is 2.06 bits per heavy atom. The zero-order chi connectivity index (χ0) is 12.0. The Kier molecular flexibility index (Phi) is 4.20. The Morgan fingerprint density at radius 3 is 2.50 bits per heavy atom. The average molecular weight is 219 g/mol. The van der Waals surface area contributed by atoms with Gasteiger partial charge in [-0.15, -0.1) is 0 Å². The summed E-state index contributed by atoms with van der Waals surface area (Å²) >= 11 is 0. The van der Waals surface area contributed by atoms with Crippen LogP contribution >= 0.6 is 0 Å². The molecule has 5 nitrogen and oxygen atoms in total. The molecule has 0 fully saturated rings. The third-order valence-corrected chi connectivity index (χ3v) is 2.80. The van der Waals surface area contributed by atoms with Crippen LogP contribution in [0.15, 0.2) is 12.4 Å². The fraction of sp³-hybridized carbons (Fsp3) is 0.545. The molecule has 0 saturated carbocycles. The molecule has 0 amide bonds. The highest BCUT2D eigenvalue weighted by Gasteiger charge is 2.19. The van der Waals surface area contributed by atoms with E-state index in [0.717, 1.165) is 12.8 Å². The molecule has 0 aliphatic carbocycles. The standard InChI is InChI=1S/C11H17N5/c1-3-11(13,4-2)8-16-10-7-14-9(5-12)6-15-10/h6-7H,3-4,8,13H2,1-2H3,(H,15,16). The Balaban J connectivity index is 2.58. The van der Waals surface area contributed by atoms with Gasteiger partial charge in [-0.25, -0.2) is 9.97 Å². The average Bonchev–Trinajstić information content (AvgIpc) is 2.36. The summed E-state index contributed by atoms with van der Waals surface area (Å²) < 4.78 is 0. The minimum Gasteiger partial charge on any atom is -0.367 e. The van der Waals surface area contributed by atoms with Gasteiger partial charge < -0.3 is 11.1 Å². The van der Waals surface area contributed by atoms with Crippen LogP contribution in [0.4, 0.5) is 5.82 Å². The highest BCUT2D eigenvalue weighted by molar-refractivity contribution is 5.33. The first-order chi connectivity index (χ1) is 7.63. The van der Waals surface area contributed by atoms with Gasteiger partial charge in [0.15, 0.2) is 5.69 Å². The molecule has 5 heteroatoms. The first-order valence-corrected chi connectivity index (χ1v) is 5.38. The van der Waals surface area contributed by atoms with E-state index in [4.69, 9.17) is 11.0 Å². The van der Waals surface area contributed by atoms with Gasteiger partial charge in [0.05, 0.1) is 12.4 Å². The number of nitrogens with zero attached hydrogens (tertiary/aromatic N) is 3. The van der Waals surface area contributed by atoms with Crippen LogP contribution in [0, 0.1) is 11.3 Å². The van der Waals surface area contributed by atoms with Gasteiger partial charge in [0.2, 0.25) is 0 Å². The van der Waals surface area contributed by atoms with Crippen molar-refractivity contribution >= 4 is 5.82 Å². The van der Waals surface area contributed by atoms with E-state index in [1.165, 1.54) is 6.20 Å². The van der Waals surface area contributed by atoms with Gasteiger partial charge in [-0.3, -0.25) is 0 Å². The molecule has 0 bridgehead atoms. The summed E-state index contributed by atoms with van der Waals surface area (Å²) in [6.45, 7) is 4.78. The molecule has 86 valence electrons. The molecule has 1 heterocycles. The molecule has 16 heavy (non-hydrogen) atoms. The van der Waals surface area contributed by atoms with Gasteiger partial charge in [-0.1, -0.05) is 13.8 Å². The third kappa shape index (κ3) is 3.17. The molecule has 0 atom stereocenters. The monoisotopic (exact) mass is 219 g/mol. The van der Waals surface area contributed by atoms with Gasteiger partial charge in [0, 0.05) is 12.1 Å². The van der Waals surface area contributed by atoms with E-state index < -0.39 is 0 Å². The number of hydrogen-bond acceptors (Lipinski definition) is 5.